The normalized spacial score (nSPS) is 14.0. The molecule has 0 bridgehead atoms. The number of anilines is 1. The Bertz CT molecular complexity index is 1240. The van der Waals surface area contributed by atoms with Crippen molar-refractivity contribution in [3.63, 3.8) is 0 Å². The number of nitro groups is 1. The highest BCUT2D eigenvalue weighted by Crippen LogP contribution is 2.10. The summed E-state index contributed by atoms with van der Waals surface area (Å²) in [5, 5.41) is 34.9. The van der Waals surface area contributed by atoms with Gasteiger partial charge in [-0.1, -0.05) is 27.7 Å². The summed E-state index contributed by atoms with van der Waals surface area (Å²) in [6.45, 7) is 6.55. The standard InChI is InChI=1S/C28H46N10O8/c1-15(2)12-20(23(30)40)34-25(42)19(6-5-11-32-28(31)37-38(45)46)33-26(43)21(13-16(3)4)35-27(44)22(14-39)36-24(41)17-7-9-18(29)10-8-17/h7-10,15-16,19-22,39H,5-6,11-14,29H2,1-4H3,(H2,30,40)(H,33,43)(H,34,42)(H,35,44)(H,36,41)(H3,31,32,37)/t19-,20-,21-,22-/m0/s1. The van der Waals surface area contributed by atoms with Crippen LogP contribution in [0.5, 0.6) is 0 Å². The van der Waals surface area contributed by atoms with Gasteiger partial charge in [0.15, 0.2) is 5.03 Å². The van der Waals surface area contributed by atoms with Crippen LogP contribution in [-0.4, -0.2) is 83.0 Å². The number of nitrogens with one attached hydrogen (secondary N) is 5. The summed E-state index contributed by atoms with van der Waals surface area (Å²) in [6, 6.07) is 1.05. The number of nitrogen functional groups attached to an aromatic ring is 1. The molecule has 5 amide bonds. The predicted molar refractivity (Wildman–Crippen MR) is 169 cm³/mol. The molecule has 46 heavy (non-hydrogen) atoms. The van der Waals surface area contributed by atoms with Gasteiger partial charge < -0.3 is 48.9 Å². The monoisotopic (exact) mass is 650 g/mol. The molecule has 0 saturated heterocycles. The molecule has 0 aromatic heterocycles. The van der Waals surface area contributed by atoms with E-state index in [9.17, 15) is 39.2 Å². The van der Waals surface area contributed by atoms with Crippen molar-refractivity contribution in [3.8, 4) is 0 Å². The van der Waals surface area contributed by atoms with Gasteiger partial charge in [-0.3, -0.25) is 24.0 Å². The summed E-state index contributed by atoms with van der Waals surface area (Å²) >= 11 is 0. The molecule has 18 nitrogen and oxygen atoms in total. The smallest absolute Gasteiger partial charge is 0.266 e. The van der Waals surface area contributed by atoms with Crippen molar-refractivity contribution in [3.05, 3.63) is 39.9 Å². The number of nitrogens with two attached hydrogens (primary N) is 3. The van der Waals surface area contributed by atoms with Crippen molar-refractivity contribution in [1.29, 1.82) is 0 Å². The van der Waals surface area contributed by atoms with Crippen LogP contribution >= 0.6 is 0 Å². The lowest BCUT2D eigenvalue weighted by Gasteiger charge is -2.27. The molecule has 0 fully saturated rings. The Morgan fingerprint density at radius 3 is 1.85 bits per heavy atom. The van der Waals surface area contributed by atoms with E-state index in [1.54, 1.807) is 13.8 Å². The van der Waals surface area contributed by atoms with Crippen LogP contribution in [0.1, 0.15) is 63.7 Å². The second-order valence-corrected chi connectivity index (χ2v) is 11.5. The molecule has 4 atom stereocenters. The maximum atomic E-state index is 13.5. The minimum atomic E-state index is -1.41. The van der Waals surface area contributed by atoms with Gasteiger partial charge in [-0.2, -0.15) is 0 Å². The van der Waals surface area contributed by atoms with E-state index in [0.717, 1.165) is 0 Å². The quantitative estimate of drug-likeness (QED) is 0.0202. The number of benzene rings is 1. The zero-order chi connectivity index (χ0) is 35.0. The molecule has 256 valence electrons. The van der Waals surface area contributed by atoms with Crippen molar-refractivity contribution >= 4 is 41.2 Å². The zero-order valence-corrected chi connectivity index (χ0v) is 26.4. The van der Waals surface area contributed by atoms with Gasteiger partial charge in [-0.05, 0) is 61.8 Å². The maximum Gasteiger partial charge on any atom is 0.266 e. The summed E-state index contributed by atoms with van der Waals surface area (Å²) in [6.07, 6.45) is 0.530. The fourth-order valence-corrected chi connectivity index (χ4v) is 4.22. The van der Waals surface area contributed by atoms with Crippen LogP contribution in [-0.2, 0) is 19.2 Å². The third-order valence-electron chi connectivity index (χ3n) is 6.48. The van der Waals surface area contributed by atoms with E-state index < -0.39 is 71.3 Å². The van der Waals surface area contributed by atoms with Crippen molar-refractivity contribution in [1.82, 2.24) is 26.6 Å². The molecule has 18 heteroatoms. The number of aliphatic hydroxyl groups is 1. The number of hydrogen-bond acceptors (Lipinski definition) is 9. The second kappa shape index (κ2) is 19.4. The zero-order valence-electron chi connectivity index (χ0n) is 26.4. The van der Waals surface area contributed by atoms with Crippen LogP contribution in [0.2, 0.25) is 0 Å². The number of guanidine groups is 1. The number of aliphatic hydroxyl groups excluding tert-OH is 1. The lowest BCUT2D eigenvalue weighted by Crippen LogP contribution is -2.58. The van der Waals surface area contributed by atoms with E-state index in [0.29, 0.717) is 5.69 Å². The molecule has 12 N–H and O–H groups in total. The third kappa shape index (κ3) is 14.7. The number of carbonyl (C=O) groups excluding carboxylic acids is 5. The summed E-state index contributed by atoms with van der Waals surface area (Å²) in [7, 11) is 0. The fourth-order valence-electron chi connectivity index (χ4n) is 4.22. The first-order valence-corrected chi connectivity index (χ1v) is 14.7. The van der Waals surface area contributed by atoms with E-state index in [-0.39, 0.29) is 49.6 Å². The first-order chi connectivity index (χ1) is 21.5. The van der Waals surface area contributed by atoms with E-state index in [2.05, 4.69) is 31.7 Å². The molecule has 0 spiro atoms. The molecule has 0 saturated carbocycles. The van der Waals surface area contributed by atoms with Gasteiger partial charge in [0.25, 0.3) is 11.9 Å². The largest absolute Gasteiger partial charge is 0.399 e. The van der Waals surface area contributed by atoms with Gasteiger partial charge in [0.05, 0.1) is 6.61 Å². The molecule has 0 aliphatic rings. The maximum absolute atomic E-state index is 13.5. The van der Waals surface area contributed by atoms with Crippen molar-refractivity contribution in [2.45, 2.75) is 77.5 Å². The number of amides is 5. The number of nitrogens with zero attached hydrogens (tertiary/aromatic N) is 2. The lowest BCUT2D eigenvalue weighted by molar-refractivity contribution is -0.485. The molecule has 0 unspecified atom stereocenters. The second-order valence-electron chi connectivity index (χ2n) is 11.5. The summed E-state index contributed by atoms with van der Waals surface area (Å²) in [5.41, 5.74) is 17.2. The van der Waals surface area contributed by atoms with Gasteiger partial charge >= 0.3 is 0 Å². The average molecular weight is 651 g/mol. The van der Waals surface area contributed by atoms with Gasteiger partial charge in [-0.15, -0.1) is 0 Å². The van der Waals surface area contributed by atoms with Crippen LogP contribution in [0.3, 0.4) is 0 Å². The van der Waals surface area contributed by atoms with Crippen molar-refractivity contribution in [2.24, 2.45) is 28.4 Å². The van der Waals surface area contributed by atoms with Crippen molar-refractivity contribution < 1.29 is 34.1 Å². The van der Waals surface area contributed by atoms with Crippen LogP contribution in [0.15, 0.2) is 29.4 Å². The Labute approximate surface area is 266 Å². The Balaban J connectivity index is 3.12. The van der Waals surface area contributed by atoms with Crippen molar-refractivity contribution in [2.75, 3.05) is 18.9 Å². The molecular weight excluding hydrogens is 604 g/mol. The molecule has 0 radical (unpaired) electrons. The summed E-state index contributed by atoms with van der Waals surface area (Å²) in [5.74, 6) is -4.29. The fraction of sp³-hybridized carbons (Fsp3) is 0.571. The van der Waals surface area contributed by atoms with Crippen LogP contribution in [0, 0.1) is 22.0 Å². The third-order valence-corrected chi connectivity index (χ3v) is 6.48. The molecular formula is C28H46N10O8. The molecule has 0 aliphatic carbocycles. The van der Waals surface area contributed by atoms with E-state index in [1.807, 2.05) is 13.8 Å². The summed E-state index contributed by atoms with van der Waals surface area (Å²) < 4.78 is 0. The van der Waals surface area contributed by atoms with E-state index in [1.165, 1.54) is 24.3 Å². The number of hydrogen-bond donors (Lipinski definition) is 9. The van der Waals surface area contributed by atoms with E-state index in [4.69, 9.17) is 17.2 Å². The molecule has 0 aliphatic heterocycles. The van der Waals surface area contributed by atoms with Gasteiger partial charge in [0.2, 0.25) is 23.6 Å². The van der Waals surface area contributed by atoms with Crippen LogP contribution in [0.25, 0.3) is 0 Å². The van der Waals surface area contributed by atoms with E-state index >= 15 is 0 Å². The highest BCUT2D eigenvalue weighted by Gasteiger charge is 2.31. The number of carbonyl (C=O) groups is 5. The minimum absolute atomic E-state index is 0.00418. The Kier molecular flexibility index (Phi) is 16.5. The van der Waals surface area contributed by atoms with Gasteiger partial charge in [-0.25, -0.2) is 10.1 Å². The number of hydrazone groups is 1. The Morgan fingerprint density at radius 2 is 1.33 bits per heavy atom. The Morgan fingerprint density at radius 1 is 0.826 bits per heavy atom. The predicted octanol–water partition coefficient (Wildman–Crippen LogP) is -1.73. The highest BCUT2D eigenvalue weighted by atomic mass is 16.7. The average Bonchev–Trinajstić information content (AvgIpc) is 2.95. The molecule has 1 aromatic carbocycles. The minimum Gasteiger partial charge on any atom is -0.399 e. The summed E-state index contributed by atoms with van der Waals surface area (Å²) in [4.78, 5) is 75.0. The topological polar surface area (TPSA) is 299 Å². The van der Waals surface area contributed by atoms with Gasteiger partial charge in [0.1, 0.15) is 29.3 Å². The number of primary amides is 1. The Hall–Kier alpha value is -5.00. The van der Waals surface area contributed by atoms with Crippen LogP contribution in [0.4, 0.5) is 5.69 Å². The van der Waals surface area contributed by atoms with Gasteiger partial charge in [0, 0.05) is 17.8 Å². The molecule has 1 rings (SSSR count). The van der Waals surface area contributed by atoms with Crippen LogP contribution < -0.4 is 43.8 Å². The lowest BCUT2D eigenvalue weighted by atomic mass is 10.0. The first kappa shape index (κ1) is 39.0. The highest BCUT2D eigenvalue weighted by molar-refractivity contribution is 5.99. The SMILES string of the molecule is CC(C)C[C@H](NC(=O)[C@H](CCCN/C(N)=N\[N+](=O)[O-])NC(=O)[C@H](CC(C)C)NC(=O)[C@H](CO)NC(=O)c1ccc(N)cc1)C(N)=O. The molecule has 1 aromatic rings. The first-order valence-electron chi connectivity index (χ1n) is 14.7. The number of rotatable bonds is 19. The molecule has 0 heterocycles.